The van der Waals surface area contributed by atoms with Crippen LogP contribution in [0.2, 0.25) is 5.02 Å². The number of benzene rings is 3. The average Bonchev–Trinajstić information content (AvgIpc) is 2.90. The van der Waals surface area contributed by atoms with E-state index in [1.807, 2.05) is 77.7 Å². The number of halogens is 1. The van der Waals surface area contributed by atoms with Crippen molar-refractivity contribution in [3.05, 3.63) is 95.5 Å². The first-order valence-electron chi connectivity index (χ1n) is 11.6. The molecular weight excluding hydrogens is 460 g/mol. The summed E-state index contributed by atoms with van der Waals surface area (Å²) in [5, 5.41) is 4.22. The quantitative estimate of drug-likeness (QED) is 0.435. The lowest BCUT2D eigenvalue weighted by atomic mass is 10.0. The number of fused-ring (bicyclic) bond motifs is 1. The molecule has 5 rings (SSSR count). The van der Waals surface area contributed by atoms with Crippen LogP contribution in [0.4, 0.5) is 5.69 Å². The highest BCUT2D eigenvalue weighted by molar-refractivity contribution is 6.33. The normalized spacial score (nSPS) is 14.1. The maximum Gasteiger partial charge on any atom is 0.254 e. The molecule has 4 aromatic rings. The van der Waals surface area contributed by atoms with Crippen LogP contribution < -0.4 is 5.32 Å². The molecule has 7 heteroatoms. The molecule has 35 heavy (non-hydrogen) atoms. The number of nitrogens with zero attached hydrogens (tertiary/aromatic N) is 3. The lowest BCUT2D eigenvalue weighted by Gasteiger charge is -2.34. The second-order valence-corrected chi connectivity index (χ2v) is 8.94. The third-order valence-electron chi connectivity index (χ3n) is 6.19. The number of piperazine rings is 1. The van der Waals surface area contributed by atoms with Gasteiger partial charge in [-0.05, 0) is 24.3 Å². The number of aromatic nitrogens is 1. The predicted molar refractivity (Wildman–Crippen MR) is 140 cm³/mol. The molecule has 1 fully saturated rings. The molecule has 0 aliphatic carbocycles. The molecule has 1 aliphatic rings. The number of rotatable bonds is 5. The molecule has 0 saturated carbocycles. The zero-order valence-electron chi connectivity index (χ0n) is 19.2. The summed E-state index contributed by atoms with van der Waals surface area (Å²) < 4.78 is 0. The van der Waals surface area contributed by atoms with Crippen LogP contribution >= 0.6 is 11.6 Å². The van der Waals surface area contributed by atoms with Crippen molar-refractivity contribution >= 4 is 40.0 Å². The molecular formula is C28H25ClN4O2. The van der Waals surface area contributed by atoms with Gasteiger partial charge in [0.05, 0.1) is 34.0 Å². The molecule has 0 unspecified atom stereocenters. The van der Waals surface area contributed by atoms with Crippen molar-refractivity contribution in [1.29, 1.82) is 0 Å². The number of hydrogen-bond donors (Lipinski definition) is 1. The molecule has 1 saturated heterocycles. The van der Waals surface area contributed by atoms with Gasteiger partial charge in [0.1, 0.15) is 0 Å². The largest absolute Gasteiger partial charge is 0.336 e. The van der Waals surface area contributed by atoms with Crippen LogP contribution in [0.15, 0.2) is 84.9 Å². The second kappa shape index (κ2) is 10.3. The molecule has 0 radical (unpaired) electrons. The average molecular weight is 485 g/mol. The van der Waals surface area contributed by atoms with Crippen molar-refractivity contribution in [3.63, 3.8) is 0 Å². The Labute approximate surface area is 209 Å². The number of anilines is 1. The molecule has 2 amide bonds. The Balaban J connectivity index is 1.28. The highest BCUT2D eigenvalue weighted by atomic mass is 35.5. The van der Waals surface area contributed by atoms with Gasteiger partial charge in [-0.2, -0.15) is 0 Å². The monoisotopic (exact) mass is 484 g/mol. The third kappa shape index (κ3) is 5.19. The molecule has 1 aromatic heterocycles. The first kappa shape index (κ1) is 23.0. The maximum atomic E-state index is 13.6. The van der Waals surface area contributed by atoms with Gasteiger partial charge in [0.15, 0.2) is 0 Å². The summed E-state index contributed by atoms with van der Waals surface area (Å²) in [7, 11) is 0. The Morgan fingerprint density at radius 3 is 2.31 bits per heavy atom. The van der Waals surface area contributed by atoms with E-state index >= 15 is 0 Å². The van der Waals surface area contributed by atoms with Crippen LogP contribution in [-0.4, -0.2) is 59.3 Å². The summed E-state index contributed by atoms with van der Waals surface area (Å²) in [6.07, 6.45) is 0. The Bertz CT molecular complexity index is 1370. The Hall–Kier alpha value is -3.74. The fourth-order valence-corrected chi connectivity index (χ4v) is 4.53. The minimum Gasteiger partial charge on any atom is -0.336 e. The van der Waals surface area contributed by atoms with Crippen molar-refractivity contribution in [2.24, 2.45) is 0 Å². The molecule has 6 nitrogen and oxygen atoms in total. The van der Waals surface area contributed by atoms with Crippen molar-refractivity contribution in [2.45, 2.75) is 0 Å². The first-order valence-corrected chi connectivity index (χ1v) is 12.0. The van der Waals surface area contributed by atoms with Crippen LogP contribution in [0.1, 0.15) is 10.4 Å². The third-order valence-corrected chi connectivity index (χ3v) is 6.52. The first-order chi connectivity index (χ1) is 17.1. The molecule has 2 heterocycles. The van der Waals surface area contributed by atoms with Crippen molar-refractivity contribution in [1.82, 2.24) is 14.8 Å². The molecule has 176 valence electrons. The van der Waals surface area contributed by atoms with Crippen molar-refractivity contribution in [2.75, 3.05) is 38.0 Å². The van der Waals surface area contributed by atoms with Crippen LogP contribution in [0.25, 0.3) is 22.2 Å². The van der Waals surface area contributed by atoms with E-state index in [4.69, 9.17) is 16.6 Å². The molecule has 0 spiro atoms. The molecule has 0 bridgehead atoms. The number of pyridine rings is 1. The van der Waals surface area contributed by atoms with Crippen molar-refractivity contribution < 1.29 is 9.59 Å². The van der Waals surface area contributed by atoms with E-state index in [9.17, 15) is 9.59 Å². The van der Waals surface area contributed by atoms with Crippen LogP contribution in [-0.2, 0) is 4.79 Å². The Kier molecular flexibility index (Phi) is 6.75. The van der Waals surface area contributed by atoms with E-state index in [2.05, 4.69) is 10.2 Å². The molecule has 3 aromatic carbocycles. The number of amides is 2. The van der Waals surface area contributed by atoms with Gasteiger partial charge in [0, 0.05) is 37.1 Å². The van der Waals surface area contributed by atoms with Crippen LogP contribution in [0, 0.1) is 0 Å². The predicted octanol–water partition coefficient (Wildman–Crippen LogP) is 4.95. The lowest BCUT2D eigenvalue weighted by Crippen LogP contribution is -2.50. The van der Waals surface area contributed by atoms with Crippen LogP contribution in [0.3, 0.4) is 0 Å². The number of carbonyl (C=O) groups excluding carboxylic acids is 2. The van der Waals surface area contributed by atoms with E-state index in [0.717, 1.165) is 22.2 Å². The number of nitrogens with one attached hydrogen (secondary N) is 1. The van der Waals surface area contributed by atoms with Crippen molar-refractivity contribution in [3.8, 4) is 11.3 Å². The van der Waals surface area contributed by atoms with Gasteiger partial charge in [-0.15, -0.1) is 0 Å². The smallest absolute Gasteiger partial charge is 0.254 e. The fraction of sp³-hybridized carbons (Fsp3) is 0.179. The summed E-state index contributed by atoms with van der Waals surface area (Å²) in [4.78, 5) is 34.8. The number of carbonyl (C=O) groups is 2. The maximum absolute atomic E-state index is 13.6. The van der Waals surface area contributed by atoms with E-state index in [1.54, 1.807) is 12.1 Å². The molecule has 0 atom stereocenters. The van der Waals surface area contributed by atoms with Gasteiger partial charge < -0.3 is 10.2 Å². The highest BCUT2D eigenvalue weighted by Gasteiger charge is 2.25. The van der Waals surface area contributed by atoms with Gasteiger partial charge in [-0.3, -0.25) is 14.5 Å². The lowest BCUT2D eigenvalue weighted by molar-refractivity contribution is -0.117. The summed E-state index contributed by atoms with van der Waals surface area (Å²) >= 11 is 6.14. The Morgan fingerprint density at radius 2 is 1.54 bits per heavy atom. The highest BCUT2D eigenvalue weighted by Crippen LogP contribution is 2.26. The Morgan fingerprint density at radius 1 is 0.857 bits per heavy atom. The van der Waals surface area contributed by atoms with Gasteiger partial charge in [-0.25, -0.2) is 4.98 Å². The minimum atomic E-state index is -0.120. The van der Waals surface area contributed by atoms with E-state index in [1.165, 1.54) is 0 Å². The van der Waals surface area contributed by atoms with Gasteiger partial charge >= 0.3 is 0 Å². The molecule has 1 aliphatic heterocycles. The second-order valence-electron chi connectivity index (χ2n) is 8.53. The van der Waals surface area contributed by atoms with Gasteiger partial charge in [0.2, 0.25) is 5.91 Å². The van der Waals surface area contributed by atoms with Gasteiger partial charge in [-0.1, -0.05) is 72.3 Å². The number of hydrogen-bond acceptors (Lipinski definition) is 4. The van der Waals surface area contributed by atoms with Gasteiger partial charge in [0.25, 0.3) is 5.91 Å². The molecule has 1 N–H and O–H groups in total. The summed E-state index contributed by atoms with van der Waals surface area (Å²) in [6, 6.07) is 26.7. The van der Waals surface area contributed by atoms with E-state index in [0.29, 0.717) is 42.5 Å². The minimum absolute atomic E-state index is 0.0130. The van der Waals surface area contributed by atoms with E-state index < -0.39 is 0 Å². The zero-order valence-corrected chi connectivity index (χ0v) is 19.9. The summed E-state index contributed by atoms with van der Waals surface area (Å²) in [6.45, 7) is 2.60. The standard InChI is InChI=1S/C28H25ClN4O2/c29-23-11-5-7-13-25(23)31-27(34)19-32-14-16-33(17-15-32)28(35)22-18-26(20-8-2-1-3-9-20)30-24-12-6-4-10-21(22)24/h1-13,18H,14-17,19H2,(H,31,34). The van der Waals surface area contributed by atoms with Crippen LogP contribution in [0.5, 0.6) is 0 Å². The SMILES string of the molecule is O=C(CN1CCN(C(=O)c2cc(-c3ccccc3)nc3ccccc23)CC1)Nc1ccccc1Cl. The summed E-state index contributed by atoms with van der Waals surface area (Å²) in [5.74, 6) is -0.133. The number of para-hydroxylation sites is 2. The van der Waals surface area contributed by atoms with E-state index in [-0.39, 0.29) is 18.4 Å². The topological polar surface area (TPSA) is 65.5 Å². The fourth-order valence-electron chi connectivity index (χ4n) is 4.34. The summed E-state index contributed by atoms with van der Waals surface area (Å²) in [5.41, 5.74) is 3.81. The zero-order chi connectivity index (χ0) is 24.2.